The van der Waals surface area contributed by atoms with Gasteiger partial charge in [-0.15, -0.1) is 0 Å². The minimum atomic E-state index is -1.26. The Bertz CT molecular complexity index is 1390. The summed E-state index contributed by atoms with van der Waals surface area (Å²) >= 11 is 6.18. The number of ether oxygens (including phenoxy) is 1. The Hall–Kier alpha value is -4.37. The highest BCUT2D eigenvalue weighted by Gasteiger charge is 2.33. The molecule has 0 saturated carbocycles. The van der Waals surface area contributed by atoms with E-state index < -0.39 is 23.7 Å². The molecular weight excluding hydrogens is 508 g/mol. The number of amides is 1. The lowest BCUT2D eigenvalue weighted by atomic mass is 9.93. The summed E-state index contributed by atoms with van der Waals surface area (Å²) in [5, 5.41) is 20.1. The molecule has 2 aromatic carbocycles. The van der Waals surface area contributed by atoms with Gasteiger partial charge < -0.3 is 25.0 Å². The van der Waals surface area contributed by atoms with Crippen LogP contribution in [0.1, 0.15) is 36.6 Å². The van der Waals surface area contributed by atoms with E-state index in [0.29, 0.717) is 33.2 Å². The van der Waals surface area contributed by atoms with Crippen molar-refractivity contribution in [3.05, 3.63) is 101 Å². The zero-order chi connectivity index (χ0) is 27.1. The fourth-order valence-electron chi connectivity index (χ4n) is 3.93. The summed E-state index contributed by atoms with van der Waals surface area (Å²) in [5.41, 5.74) is 2.08. The molecule has 1 amide bonds. The number of pyridine rings is 1. The molecule has 38 heavy (non-hydrogen) atoms. The van der Waals surface area contributed by atoms with Gasteiger partial charge in [0.25, 0.3) is 0 Å². The number of nitrogens with zero attached hydrogens (tertiary/aromatic N) is 2. The second-order valence-electron chi connectivity index (χ2n) is 8.97. The molecule has 0 aliphatic carbocycles. The number of carboxylic acid groups (broad SMARTS) is 1. The third kappa shape index (κ3) is 6.49. The number of carbonyl (C=O) groups excluding carboxylic acids is 1. The van der Waals surface area contributed by atoms with Gasteiger partial charge in [-0.25, -0.2) is 14.6 Å². The topological polar surface area (TPSA) is 127 Å². The number of hydrogen-bond donors (Lipinski definition) is 3. The van der Waals surface area contributed by atoms with Gasteiger partial charge in [0.1, 0.15) is 29.4 Å². The number of alkyl carbamates (subject to hydrolysis) is 1. The predicted molar refractivity (Wildman–Crippen MR) is 143 cm³/mol. The first-order valence-electron chi connectivity index (χ1n) is 11.9. The van der Waals surface area contributed by atoms with Crippen molar-refractivity contribution < 1.29 is 24.0 Å². The van der Waals surface area contributed by atoms with Gasteiger partial charge in [0.15, 0.2) is 0 Å². The molecule has 2 heterocycles. The first-order valence-corrected chi connectivity index (χ1v) is 12.3. The maximum Gasteiger partial charge on any atom is 0.408 e. The lowest BCUT2D eigenvalue weighted by Gasteiger charge is -2.27. The quantitative estimate of drug-likeness (QED) is 0.230. The summed E-state index contributed by atoms with van der Waals surface area (Å²) < 4.78 is 10.6. The van der Waals surface area contributed by atoms with Gasteiger partial charge in [-0.2, -0.15) is 0 Å². The maximum absolute atomic E-state index is 12.3. The minimum absolute atomic E-state index is 0.112. The van der Waals surface area contributed by atoms with Gasteiger partial charge in [0.05, 0.1) is 6.54 Å². The second-order valence-corrected chi connectivity index (χ2v) is 9.37. The molecule has 4 rings (SSSR count). The lowest BCUT2D eigenvalue weighted by Crippen LogP contribution is -2.45. The number of anilines is 1. The highest BCUT2D eigenvalue weighted by Crippen LogP contribution is 2.26. The smallest absolute Gasteiger partial charge is 0.408 e. The van der Waals surface area contributed by atoms with Crippen LogP contribution in [0.5, 0.6) is 0 Å². The van der Waals surface area contributed by atoms with Gasteiger partial charge in [0, 0.05) is 34.3 Å². The largest absolute Gasteiger partial charge is 0.480 e. The maximum atomic E-state index is 12.3. The first-order chi connectivity index (χ1) is 18.2. The molecule has 0 spiro atoms. The van der Waals surface area contributed by atoms with Crippen LogP contribution in [0.4, 0.5) is 10.6 Å². The fraction of sp³-hybridized carbons (Fsp3) is 0.214. The molecule has 10 heteroatoms. The number of rotatable bonds is 10. The molecule has 0 aliphatic heterocycles. The summed E-state index contributed by atoms with van der Waals surface area (Å²) in [4.78, 5) is 28.8. The number of carbonyl (C=O) groups is 2. The summed E-state index contributed by atoms with van der Waals surface area (Å²) in [6, 6.07) is 20.0. The summed E-state index contributed by atoms with van der Waals surface area (Å²) in [7, 11) is 0. The fourth-order valence-corrected chi connectivity index (χ4v) is 4.22. The number of halogens is 1. The number of hydrogen-bond acceptors (Lipinski definition) is 7. The molecule has 0 bridgehead atoms. The minimum Gasteiger partial charge on any atom is -0.480 e. The number of benzene rings is 2. The molecule has 9 nitrogen and oxygen atoms in total. The summed E-state index contributed by atoms with van der Waals surface area (Å²) in [5.74, 6) is -0.595. The molecule has 0 fully saturated rings. The van der Waals surface area contributed by atoms with Crippen molar-refractivity contribution in [2.45, 2.75) is 38.5 Å². The SMILES string of the molecule is CC(OC(=O)NCc1conc1-c1ccc(NC(C)(Cc2ccccc2)C(=O)O)nc1)c1ccccc1Cl. The molecular formula is C28H27ClN4O5. The predicted octanol–water partition coefficient (Wildman–Crippen LogP) is 5.88. The summed E-state index contributed by atoms with van der Waals surface area (Å²) in [6.07, 6.45) is 2.12. The van der Waals surface area contributed by atoms with Crippen molar-refractivity contribution in [1.82, 2.24) is 15.5 Å². The van der Waals surface area contributed by atoms with Crippen LogP contribution in [-0.4, -0.2) is 32.8 Å². The van der Waals surface area contributed by atoms with Gasteiger partial charge in [-0.05, 0) is 37.6 Å². The number of aromatic nitrogens is 2. The van der Waals surface area contributed by atoms with E-state index in [-0.39, 0.29) is 13.0 Å². The van der Waals surface area contributed by atoms with Crippen LogP contribution in [0.3, 0.4) is 0 Å². The Morgan fingerprint density at radius 1 is 1.11 bits per heavy atom. The van der Waals surface area contributed by atoms with Crippen molar-refractivity contribution in [3.63, 3.8) is 0 Å². The summed E-state index contributed by atoms with van der Waals surface area (Å²) in [6.45, 7) is 3.47. The Labute approximate surface area is 224 Å². The lowest BCUT2D eigenvalue weighted by molar-refractivity contribution is -0.141. The van der Waals surface area contributed by atoms with E-state index in [1.54, 1.807) is 50.4 Å². The molecule has 2 unspecified atom stereocenters. The number of carboxylic acids is 1. The van der Waals surface area contributed by atoms with Crippen LogP contribution in [0.2, 0.25) is 5.02 Å². The van der Waals surface area contributed by atoms with Crippen LogP contribution >= 0.6 is 11.6 Å². The van der Waals surface area contributed by atoms with Crippen molar-refractivity contribution in [2.75, 3.05) is 5.32 Å². The average molecular weight is 535 g/mol. The van der Waals surface area contributed by atoms with Crippen LogP contribution in [0.25, 0.3) is 11.3 Å². The van der Waals surface area contributed by atoms with E-state index in [4.69, 9.17) is 20.9 Å². The third-order valence-corrected chi connectivity index (χ3v) is 6.35. The van der Waals surface area contributed by atoms with Crippen molar-refractivity contribution >= 4 is 29.5 Å². The monoisotopic (exact) mass is 534 g/mol. The number of aliphatic carboxylic acids is 1. The van der Waals surface area contributed by atoms with E-state index in [0.717, 1.165) is 5.56 Å². The van der Waals surface area contributed by atoms with Gasteiger partial charge in [0.2, 0.25) is 0 Å². The molecule has 3 N–H and O–H groups in total. The zero-order valence-corrected chi connectivity index (χ0v) is 21.6. The standard InChI is InChI=1S/C28H27ClN4O5/c1-18(22-10-6-7-11-23(22)29)38-27(36)31-16-21-17-37-33-25(21)20-12-13-24(30-15-20)32-28(2,26(34)35)14-19-8-4-3-5-9-19/h3-13,15,17-18H,14,16H2,1-2H3,(H,30,32)(H,31,36)(H,34,35). The molecule has 0 aliphatic rings. The number of nitrogens with one attached hydrogen (secondary N) is 2. The Kier molecular flexibility index (Phi) is 8.28. The van der Waals surface area contributed by atoms with E-state index in [2.05, 4.69) is 20.8 Å². The molecule has 2 atom stereocenters. The highest BCUT2D eigenvalue weighted by atomic mass is 35.5. The highest BCUT2D eigenvalue weighted by molar-refractivity contribution is 6.31. The van der Waals surface area contributed by atoms with Crippen LogP contribution < -0.4 is 10.6 Å². The van der Waals surface area contributed by atoms with Crippen molar-refractivity contribution in [3.8, 4) is 11.3 Å². The van der Waals surface area contributed by atoms with Gasteiger partial charge in [-0.3, -0.25) is 0 Å². The Balaban J connectivity index is 1.39. The van der Waals surface area contributed by atoms with E-state index in [1.165, 1.54) is 6.26 Å². The zero-order valence-electron chi connectivity index (χ0n) is 20.8. The normalized spacial score (nSPS) is 13.2. The molecule has 4 aromatic rings. The molecule has 0 radical (unpaired) electrons. The van der Waals surface area contributed by atoms with E-state index >= 15 is 0 Å². The van der Waals surface area contributed by atoms with E-state index in [9.17, 15) is 14.7 Å². The average Bonchev–Trinajstić information content (AvgIpc) is 3.37. The van der Waals surface area contributed by atoms with Crippen LogP contribution in [0, 0.1) is 0 Å². The van der Waals surface area contributed by atoms with Crippen LogP contribution in [-0.2, 0) is 22.5 Å². The van der Waals surface area contributed by atoms with Crippen molar-refractivity contribution in [1.29, 1.82) is 0 Å². The Morgan fingerprint density at radius 3 is 2.53 bits per heavy atom. The Morgan fingerprint density at radius 2 is 1.84 bits per heavy atom. The van der Waals surface area contributed by atoms with Gasteiger partial charge in [-0.1, -0.05) is 65.3 Å². The third-order valence-electron chi connectivity index (χ3n) is 6.01. The van der Waals surface area contributed by atoms with E-state index in [1.807, 2.05) is 36.4 Å². The second kappa shape index (κ2) is 11.8. The van der Waals surface area contributed by atoms with Crippen LogP contribution in [0.15, 0.2) is 83.7 Å². The molecule has 196 valence electrons. The first kappa shape index (κ1) is 26.7. The molecule has 0 saturated heterocycles. The van der Waals surface area contributed by atoms with Gasteiger partial charge >= 0.3 is 12.1 Å². The molecule has 2 aromatic heterocycles. The van der Waals surface area contributed by atoms with Crippen molar-refractivity contribution in [2.24, 2.45) is 0 Å².